The van der Waals surface area contributed by atoms with Crippen LogP contribution in [-0.4, -0.2) is 75.6 Å². The van der Waals surface area contributed by atoms with Crippen LogP contribution in [0.4, 0.5) is 0 Å². The lowest BCUT2D eigenvalue weighted by atomic mass is 10.0. The van der Waals surface area contributed by atoms with Gasteiger partial charge in [0.15, 0.2) is 0 Å². The second-order valence-corrected chi connectivity index (χ2v) is 20.0. The molecule has 0 amide bonds. The molecule has 0 aromatic carbocycles. The molecule has 8 nitrogen and oxygen atoms in total. The topological polar surface area (TPSA) is 91.3 Å². The number of hydrogen-bond donors (Lipinski definition) is 1. The predicted molar refractivity (Wildman–Crippen MR) is 261 cm³/mol. The number of unbranched alkanes of at least 4 members (excludes halogenated alkanes) is 28. The van der Waals surface area contributed by atoms with E-state index in [1.165, 1.54) is 154 Å². The Morgan fingerprint density at radius 3 is 1.43 bits per heavy atom. The molecule has 1 N–H and O–H groups in total. The molecule has 0 aliphatic heterocycles. The van der Waals surface area contributed by atoms with E-state index in [-0.39, 0.29) is 25.8 Å². The minimum Gasteiger partial charge on any atom is -0.457 e. The van der Waals surface area contributed by atoms with E-state index < -0.39 is 13.9 Å². The Hall–Kier alpha value is -1.28. The molecule has 2 atom stereocenters. The van der Waals surface area contributed by atoms with Gasteiger partial charge in [-0.1, -0.05) is 217 Å². The molecule has 2 unspecified atom stereocenters. The summed E-state index contributed by atoms with van der Waals surface area (Å²) in [5, 5.41) is 0. The molecule has 61 heavy (non-hydrogen) atoms. The number of carbonyl (C=O) groups excluding carboxylic acids is 1. The molecule has 0 saturated carbocycles. The van der Waals surface area contributed by atoms with Gasteiger partial charge in [0.05, 0.1) is 34.4 Å². The van der Waals surface area contributed by atoms with E-state index in [0.717, 1.165) is 57.8 Å². The highest BCUT2D eigenvalue weighted by molar-refractivity contribution is 7.47. The van der Waals surface area contributed by atoms with Crippen LogP contribution in [0, 0.1) is 0 Å². The summed E-state index contributed by atoms with van der Waals surface area (Å²) in [5.74, 6) is -0.314. The van der Waals surface area contributed by atoms with Gasteiger partial charge in [-0.25, -0.2) is 4.57 Å². The van der Waals surface area contributed by atoms with Gasteiger partial charge in [0.1, 0.15) is 19.3 Å². The maximum absolute atomic E-state index is 12.8. The van der Waals surface area contributed by atoms with Gasteiger partial charge in [0, 0.05) is 13.0 Å². The average molecular weight is 883 g/mol. The Morgan fingerprint density at radius 2 is 0.951 bits per heavy atom. The molecule has 0 aliphatic rings. The van der Waals surface area contributed by atoms with E-state index in [1.54, 1.807) is 0 Å². The number of phosphoric acid groups is 1. The molecule has 0 spiro atoms. The second kappa shape index (κ2) is 45.3. The fourth-order valence-electron chi connectivity index (χ4n) is 7.28. The molecular weight excluding hydrogens is 782 g/mol. The van der Waals surface area contributed by atoms with Crippen LogP contribution in [0.2, 0.25) is 0 Å². The molecule has 0 aromatic rings. The number of esters is 1. The van der Waals surface area contributed by atoms with Crippen molar-refractivity contribution >= 4 is 13.8 Å². The van der Waals surface area contributed by atoms with Crippen molar-refractivity contribution in [3.8, 4) is 0 Å². The highest BCUT2D eigenvalue weighted by atomic mass is 31.2. The standard InChI is InChI=1S/C52H100NO7P/c1-6-8-10-12-14-16-18-20-22-24-25-26-27-28-29-30-31-33-35-37-39-41-43-45-52(54)60-51(50-59-61(55,56)58-48-46-53(3,4)5)49-57-47-44-42-40-38-36-34-32-23-21-19-17-15-13-11-9-7-2/h9,11,15,17,21,23,51H,6-8,10,12-14,16,18-20,22,24-50H2,1-5H3/p+1/b11-9-,17-15-,23-21-. The first-order valence-electron chi connectivity index (χ1n) is 25.7. The van der Waals surface area contributed by atoms with Gasteiger partial charge in [-0.15, -0.1) is 0 Å². The molecule has 0 saturated heterocycles. The number of likely N-dealkylation sites (N-methyl/N-ethyl adjacent to an activating group) is 1. The van der Waals surface area contributed by atoms with Gasteiger partial charge in [-0.2, -0.15) is 0 Å². The van der Waals surface area contributed by atoms with Crippen molar-refractivity contribution in [2.24, 2.45) is 0 Å². The summed E-state index contributed by atoms with van der Waals surface area (Å²) >= 11 is 0. The number of carbonyl (C=O) groups is 1. The molecule has 0 radical (unpaired) electrons. The van der Waals surface area contributed by atoms with Crippen molar-refractivity contribution in [1.29, 1.82) is 0 Å². The van der Waals surface area contributed by atoms with E-state index in [2.05, 4.69) is 50.3 Å². The number of nitrogens with zero attached hydrogens (tertiary/aromatic N) is 1. The van der Waals surface area contributed by atoms with Crippen molar-refractivity contribution in [2.75, 3.05) is 54.1 Å². The Morgan fingerprint density at radius 1 is 0.525 bits per heavy atom. The van der Waals surface area contributed by atoms with Crippen molar-refractivity contribution in [3.05, 3.63) is 36.5 Å². The highest BCUT2D eigenvalue weighted by Gasteiger charge is 2.26. The zero-order chi connectivity index (χ0) is 44.8. The number of rotatable bonds is 48. The molecule has 9 heteroatoms. The predicted octanol–water partition coefficient (Wildman–Crippen LogP) is 15.7. The quantitative estimate of drug-likeness (QED) is 0.0214. The van der Waals surface area contributed by atoms with Crippen LogP contribution in [0.25, 0.3) is 0 Å². The molecular formula is C52H101NO7P+. The lowest BCUT2D eigenvalue weighted by Crippen LogP contribution is -2.37. The highest BCUT2D eigenvalue weighted by Crippen LogP contribution is 2.43. The smallest absolute Gasteiger partial charge is 0.457 e. The lowest BCUT2D eigenvalue weighted by molar-refractivity contribution is -0.870. The van der Waals surface area contributed by atoms with Crippen LogP contribution < -0.4 is 0 Å². The molecule has 0 aromatic heterocycles. The number of allylic oxidation sites excluding steroid dienone is 6. The number of quaternary nitrogens is 1. The normalized spacial score (nSPS) is 13.9. The van der Waals surface area contributed by atoms with Crippen molar-refractivity contribution in [1.82, 2.24) is 0 Å². The summed E-state index contributed by atoms with van der Waals surface area (Å²) in [6.45, 7) is 5.52. The summed E-state index contributed by atoms with van der Waals surface area (Å²) in [4.78, 5) is 23.0. The fraction of sp³-hybridized carbons (Fsp3) is 0.865. The minimum atomic E-state index is -4.28. The zero-order valence-electron chi connectivity index (χ0n) is 40.9. The summed E-state index contributed by atoms with van der Waals surface area (Å²) in [6.07, 6.45) is 54.8. The maximum Gasteiger partial charge on any atom is 0.472 e. The van der Waals surface area contributed by atoms with Crippen LogP contribution in [0.5, 0.6) is 0 Å². The first kappa shape index (κ1) is 59.7. The van der Waals surface area contributed by atoms with E-state index >= 15 is 0 Å². The molecule has 0 aliphatic carbocycles. The second-order valence-electron chi connectivity index (χ2n) is 18.5. The van der Waals surface area contributed by atoms with Crippen LogP contribution in [0.1, 0.15) is 232 Å². The third-order valence-corrected chi connectivity index (χ3v) is 12.2. The first-order chi connectivity index (χ1) is 29.6. The Kier molecular flexibility index (Phi) is 44.3. The first-order valence-corrected chi connectivity index (χ1v) is 27.2. The van der Waals surface area contributed by atoms with Crippen LogP contribution in [0.15, 0.2) is 36.5 Å². The third-order valence-electron chi connectivity index (χ3n) is 11.2. The molecule has 360 valence electrons. The number of ether oxygens (including phenoxy) is 2. The third kappa shape index (κ3) is 49.6. The largest absolute Gasteiger partial charge is 0.472 e. The minimum absolute atomic E-state index is 0.0868. The van der Waals surface area contributed by atoms with Gasteiger partial charge in [0.2, 0.25) is 0 Å². The monoisotopic (exact) mass is 883 g/mol. The van der Waals surface area contributed by atoms with Gasteiger partial charge >= 0.3 is 13.8 Å². The summed E-state index contributed by atoms with van der Waals surface area (Å²) in [6, 6.07) is 0. The van der Waals surface area contributed by atoms with E-state index in [0.29, 0.717) is 24.1 Å². The van der Waals surface area contributed by atoms with Gasteiger partial charge in [-0.05, 0) is 44.9 Å². The van der Waals surface area contributed by atoms with E-state index in [4.69, 9.17) is 18.5 Å². The van der Waals surface area contributed by atoms with Gasteiger partial charge in [-0.3, -0.25) is 13.8 Å². The van der Waals surface area contributed by atoms with Crippen LogP contribution in [0.3, 0.4) is 0 Å². The maximum atomic E-state index is 12.8. The van der Waals surface area contributed by atoms with Crippen LogP contribution >= 0.6 is 7.82 Å². The zero-order valence-corrected chi connectivity index (χ0v) is 41.8. The summed E-state index contributed by atoms with van der Waals surface area (Å²) in [7, 11) is 1.66. The van der Waals surface area contributed by atoms with E-state index in [1.807, 2.05) is 21.1 Å². The Labute approximate surface area is 378 Å². The molecule has 0 bridgehead atoms. The molecule has 0 rings (SSSR count). The lowest BCUT2D eigenvalue weighted by Gasteiger charge is -2.24. The Bertz CT molecular complexity index is 1070. The van der Waals surface area contributed by atoms with Crippen molar-refractivity contribution < 1.29 is 37.3 Å². The van der Waals surface area contributed by atoms with Gasteiger partial charge < -0.3 is 18.9 Å². The number of phosphoric ester groups is 1. The van der Waals surface area contributed by atoms with Crippen molar-refractivity contribution in [2.45, 2.75) is 238 Å². The van der Waals surface area contributed by atoms with Crippen LogP contribution in [-0.2, 0) is 27.9 Å². The molecule has 0 heterocycles. The fourth-order valence-corrected chi connectivity index (χ4v) is 8.02. The summed E-state index contributed by atoms with van der Waals surface area (Å²) in [5.41, 5.74) is 0. The van der Waals surface area contributed by atoms with E-state index in [9.17, 15) is 14.3 Å². The summed E-state index contributed by atoms with van der Waals surface area (Å²) < 4.78 is 35.1. The Balaban J connectivity index is 4.09. The van der Waals surface area contributed by atoms with Gasteiger partial charge in [0.25, 0.3) is 0 Å². The number of hydrogen-bond acceptors (Lipinski definition) is 6. The van der Waals surface area contributed by atoms with Crippen molar-refractivity contribution in [3.63, 3.8) is 0 Å². The molecule has 0 fully saturated rings. The SMILES string of the molecule is CC/C=C\C/C=C\C/C=C\CCCCCCCCOCC(COP(=O)(O)OCC[N+](C)(C)C)OC(=O)CCCCCCCCCCCCCCCCCCCCCCCCC. The average Bonchev–Trinajstić information content (AvgIpc) is 3.22.